The number of likely N-dealkylation sites (tertiary alicyclic amines) is 1. The molecule has 0 bridgehead atoms. The van der Waals surface area contributed by atoms with E-state index >= 15 is 0 Å². The first-order chi connectivity index (χ1) is 8.59. The lowest BCUT2D eigenvalue weighted by molar-refractivity contribution is -0.137. The van der Waals surface area contributed by atoms with Gasteiger partial charge in [-0.3, -0.25) is 9.59 Å². The second-order valence-electron chi connectivity index (χ2n) is 4.85. The Labute approximate surface area is 106 Å². The molecule has 0 unspecified atom stereocenters. The van der Waals surface area contributed by atoms with Crippen molar-refractivity contribution in [2.75, 3.05) is 13.1 Å². The zero-order chi connectivity index (χ0) is 13.1. The van der Waals surface area contributed by atoms with Crippen molar-refractivity contribution >= 4 is 11.8 Å². The lowest BCUT2D eigenvalue weighted by Crippen LogP contribution is -2.55. The second-order valence-corrected chi connectivity index (χ2v) is 4.85. The summed E-state index contributed by atoms with van der Waals surface area (Å²) in [5, 5.41) is 2.74. The van der Waals surface area contributed by atoms with E-state index in [0.29, 0.717) is 0 Å². The van der Waals surface area contributed by atoms with Crippen LogP contribution < -0.4 is 5.32 Å². The van der Waals surface area contributed by atoms with Crippen molar-refractivity contribution in [3.05, 3.63) is 24.2 Å². The highest BCUT2D eigenvalue weighted by atomic mass is 16.3. The number of hydrogen-bond acceptors (Lipinski definition) is 3. The van der Waals surface area contributed by atoms with E-state index in [4.69, 9.17) is 4.42 Å². The van der Waals surface area contributed by atoms with Crippen LogP contribution in [0.1, 0.15) is 30.8 Å². The molecule has 0 spiro atoms. The monoisotopic (exact) mass is 250 g/mol. The van der Waals surface area contributed by atoms with Crippen LogP contribution in [0.15, 0.2) is 22.8 Å². The molecule has 2 amide bonds. The summed E-state index contributed by atoms with van der Waals surface area (Å²) in [4.78, 5) is 25.8. The van der Waals surface area contributed by atoms with E-state index in [9.17, 15) is 9.59 Å². The lowest BCUT2D eigenvalue weighted by Gasteiger charge is -2.35. The Morgan fingerprint density at radius 2 is 2.11 bits per heavy atom. The van der Waals surface area contributed by atoms with E-state index in [2.05, 4.69) is 5.32 Å². The summed E-state index contributed by atoms with van der Waals surface area (Å²) >= 11 is 0. The quantitative estimate of drug-likeness (QED) is 0.875. The van der Waals surface area contributed by atoms with Gasteiger partial charge in [-0.15, -0.1) is 0 Å². The highest BCUT2D eigenvalue weighted by Crippen LogP contribution is 2.13. The third-order valence-electron chi connectivity index (χ3n) is 3.13. The Bertz CT molecular complexity index is 421. The van der Waals surface area contributed by atoms with Gasteiger partial charge in [-0.05, 0) is 24.5 Å². The predicted octanol–water partition coefficient (Wildman–Crippen LogP) is 1.27. The van der Waals surface area contributed by atoms with Crippen LogP contribution in [0.2, 0.25) is 0 Å². The molecule has 18 heavy (non-hydrogen) atoms. The Kier molecular flexibility index (Phi) is 3.69. The normalized spacial score (nSPS) is 16.3. The lowest BCUT2D eigenvalue weighted by atomic mass is 10.0. The van der Waals surface area contributed by atoms with E-state index in [0.717, 1.165) is 19.5 Å². The van der Waals surface area contributed by atoms with Crippen LogP contribution in [0.4, 0.5) is 0 Å². The molecule has 1 aliphatic heterocycles. The number of nitrogens with one attached hydrogen (secondary N) is 1. The van der Waals surface area contributed by atoms with Crippen molar-refractivity contribution in [2.45, 2.75) is 26.3 Å². The third kappa shape index (κ3) is 2.55. The van der Waals surface area contributed by atoms with Crippen molar-refractivity contribution < 1.29 is 14.0 Å². The van der Waals surface area contributed by atoms with Gasteiger partial charge in [0.2, 0.25) is 5.91 Å². The maximum absolute atomic E-state index is 12.2. The zero-order valence-corrected chi connectivity index (χ0v) is 10.7. The largest absolute Gasteiger partial charge is 0.459 e. The Hall–Kier alpha value is -1.78. The molecule has 2 rings (SSSR count). The smallest absolute Gasteiger partial charge is 0.287 e. The molecule has 5 nitrogen and oxygen atoms in total. The fourth-order valence-electron chi connectivity index (χ4n) is 1.87. The fourth-order valence-corrected chi connectivity index (χ4v) is 1.87. The van der Waals surface area contributed by atoms with Gasteiger partial charge in [-0.25, -0.2) is 0 Å². The molecular formula is C13H18N2O3. The predicted molar refractivity (Wildman–Crippen MR) is 66.0 cm³/mol. The highest BCUT2D eigenvalue weighted by Gasteiger charge is 2.31. The molecule has 1 aliphatic rings. The standard InChI is InChI=1S/C13H18N2O3/c1-9(2)11(13(17)15-6-4-7-15)14-12(16)10-5-3-8-18-10/h3,5,8-9,11H,4,6-7H2,1-2H3,(H,14,16)/t11-/m1/s1. The van der Waals surface area contributed by atoms with Crippen LogP contribution in [0.5, 0.6) is 0 Å². The maximum atomic E-state index is 12.2. The van der Waals surface area contributed by atoms with E-state index < -0.39 is 6.04 Å². The average molecular weight is 250 g/mol. The molecule has 2 heterocycles. The van der Waals surface area contributed by atoms with Gasteiger partial charge < -0.3 is 14.6 Å². The Morgan fingerprint density at radius 3 is 2.56 bits per heavy atom. The van der Waals surface area contributed by atoms with Crippen LogP contribution in [0, 0.1) is 5.92 Å². The molecular weight excluding hydrogens is 232 g/mol. The van der Waals surface area contributed by atoms with Crippen LogP contribution in [-0.4, -0.2) is 35.8 Å². The molecule has 1 aromatic rings. The first-order valence-electron chi connectivity index (χ1n) is 6.22. The van der Waals surface area contributed by atoms with Gasteiger partial charge in [0.05, 0.1) is 6.26 Å². The molecule has 0 aliphatic carbocycles. The van der Waals surface area contributed by atoms with Gasteiger partial charge >= 0.3 is 0 Å². The number of rotatable bonds is 4. The summed E-state index contributed by atoms with van der Waals surface area (Å²) in [6.45, 7) is 5.42. The molecule has 5 heteroatoms. The number of carbonyl (C=O) groups is 2. The summed E-state index contributed by atoms with van der Waals surface area (Å²) in [6.07, 6.45) is 2.49. The number of nitrogens with zero attached hydrogens (tertiary/aromatic N) is 1. The van der Waals surface area contributed by atoms with Crippen molar-refractivity contribution in [3.8, 4) is 0 Å². The minimum absolute atomic E-state index is 0.00356. The summed E-state index contributed by atoms with van der Waals surface area (Å²) < 4.78 is 5.02. The summed E-state index contributed by atoms with van der Waals surface area (Å²) in [6, 6.07) is 2.75. The number of hydrogen-bond donors (Lipinski definition) is 1. The molecule has 1 N–H and O–H groups in total. The Balaban J connectivity index is 2.02. The second kappa shape index (κ2) is 5.25. The van der Waals surface area contributed by atoms with E-state index in [-0.39, 0.29) is 23.5 Å². The van der Waals surface area contributed by atoms with E-state index in [1.54, 1.807) is 17.0 Å². The molecule has 0 aromatic carbocycles. The van der Waals surface area contributed by atoms with E-state index in [1.807, 2.05) is 13.8 Å². The first-order valence-corrected chi connectivity index (χ1v) is 6.22. The molecule has 0 radical (unpaired) electrons. The van der Waals surface area contributed by atoms with Crippen LogP contribution in [0.25, 0.3) is 0 Å². The number of amides is 2. The molecule has 1 fully saturated rings. The van der Waals surface area contributed by atoms with Gasteiger partial charge in [0, 0.05) is 13.1 Å². The number of furan rings is 1. The minimum atomic E-state index is -0.483. The van der Waals surface area contributed by atoms with Crippen molar-refractivity contribution in [1.29, 1.82) is 0 Å². The van der Waals surface area contributed by atoms with Gasteiger partial charge in [-0.2, -0.15) is 0 Å². The molecule has 1 aromatic heterocycles. The third-order valence-corrected chi connectivity index (χ3v) is 3.13. The van der Waals surface area contributed by atoms with Gasteiger partial charge in [0.15, 0.2) is 5.76 Å². The van der Waals surface area contributed by atoms with Crippen LogP contribution in [0.3, 0.4) is 0 Å². The van der Waals surface area contributed by atoms with Crippen LogP contribution >= 0.6 is 0 Å². The molecule has 98 valence electrons. The summed E-state index contributed by atoms with van der Waals surface area (Å²) in [7, 11) is 0. The van der Waals surface area contributed by atoms with Gasteiger partial charge in [-0.1, -0.05) is 13.8 Å². The summed E-state index contributed by atoms with van der Waals surface area (Å²) in [5.74, 6) is -0.0576. The van der Waals surface area contributed by atoms with Gasteiger partial charge in [0.1, 0.15) is 6.04 Å². The van der Waals surface area contributed by atoms with Crippen molar-refractivity contribution in [2.24, 2.45) is 5.92 Å². The fraction of sp³-hybridized carbons (Fsp3) is 0.538. The molecule has 1 saturated heterocycles. The number of carbonyl (C=O) groups excluding carboxylic acids is 2. The van der Waals surface area contributed by atoms with Crippen molar-refractivity contribution in [1.82, 2.24) is 10.2 Å². The van der Waals surface area contributed by atoms with E-state index in [1.165, 1.54) is 6.26 Å². The van der Waals surface area contributed by atoms with Crippen molar-refractivity contribution in [3.63, 3.8) is 0 Å². The SMILES string of the molecule is CC(C)[C@@H](NC(=O)c1ccco1)C(=O)N1CCC1. The Morgan fingerprint density at radius 1 is 1.39 bits per heavy atom. The summed E-state index contributed by atoms with van der Waals surface area (Å²) in [5.41, 5.74) is 0. The highest BCUT2D eigenvalue weighted by molar-refractivity contribution is 5.95. The molecule has 1 atom stereocenters. The minimum Gasteiger partial charge on any atom is -0.459 e. The van der Waals surface area contributed by atoms with Crippen LogP contribution in [-0.2, 0) is 4.79 Å². The topological polar surface area (TPSA) is 62.6 Å². The van der Waals surface area contributed by atoms with Gasteiger partial charge in [0.25, 0.3) is 5.91 Å². The molecule has 0 saturated carbocycles. The zero-order valence-electron chi connectivity index (χ0n) is 10.7. The first kappa shape index (κ1) is 12.7. The average Bonchev–Trinajstić information content (AvgIpc) is 2.75. The maximum Gasteiger partial charge on any atom is 0.287 e.